The van der Waals surface area contributed by atoms with Crippen LogP contribution in [0.5, 0.6) is 0 Å². The van der Waals surface area contributed by atoms with Crippen molar-refractivity contribution in [2.45, 2.75) is 13.8 Å². The number of nitrogens with one attached hydrogen (secondary N) is 1. The molecule has 1 N–H and O–H groups in total. The highest BCUT2D eigenvalue weighted by atomic mass is 32.1. The molecule has 0 aliphatic heterocycles. The second-order valence-corrected chi connectivity index (χ2v) is 4.74. The van der Waals surface area contributed by atoms with Crippen LogP contribution in [0.3, 0.4) is 0 Å². The molecule has 1 aromatic heterocycles. The first-order valence-corrected chi connectivity index (χ1v) is 6.25. The van der Waals surface area contributed by atoms with E-state index in [9.17, 15) is 9.59 Å². The smallest absolute Gasteiger partial charge is 0.308 e. The summed E-state index contributed by atoms with van der Waals surface area (Å²) >= 11 is 1.36. The minimum absolute atomic E-state index is 0.137. The van der Waals surface area contributed by atoms with Crippen LogP contribution in [0.25, 0.3) is 0 Å². The molecule has 1 amide bonds. The third-order valence-electron chi connectivity index (χ3n) is 1.78. The molecule has 19 heavy (non-hydrogen) atoms. The van der Waals surface area contributed by atoms with Crippen LogP contribution in [-0.4, -0.2) is 16.9 Å². The third-order valence-corrected chi connectivity index (χ3v) is 2.61. The zero-order valence-corrected chi connectivity index (χ0v) is 11.5. The van der Waals surface area contributed by atoms with Gasteiger partial charge >= 0.3 is 5.97 Å². The molecule has 0 radical (unpaired) electrons. The van der Waals surface area contributed by atoms with Crippen molar-refractivity contribution in [2.75, 3.05) is 5.32 Å². The van der Waals surface area contributed by atoms with Crippen LogP contribution in [0.2, 0.25) is 0 Å². The standard InChI is InChI=1S/C13H14N2O3S/c1-4-5-6-11(18-10(3)16)7-12(17)15-13-14-8-9(2)19-13/h4-8H,1H2,2-3H3,(H,14,15,17). The first-order valence-electron chi connectivity index (χ1n) is 5.44. The maximum Gasteiger partial charge on any atom is 0.308 e. The second-order valence-electron chi connectivity index (χ2n) is 3.50. The molecule has 0 bridgehead atoms. The normalized spacial score (nSPS) is 11.4. The molecule has 1 rings (SSSR count). The van der Waals surface area contributed by atoms with Crippen LogP contribution in [0.15, 0.2) is 42.8 Å². The van der Waals surface area contributed by atoms with Gasteiger partial charge in [-0.05, 0) is 13.0 Å². The molecule has 100 valence electrons. The van der Waals surface area contributed by atoms with Gasteiger partial charge in [-0.25, -0.2) is 4.98 Å². The summed E-state index contributed by atoms with van der Waals surface area (Å²) in [7, 11) is 0. The zero-order chi connectivity index (χ0) is 14.3. The molecular weight excluding hydrogens is 264 g/mol. The molecule has 1 aromatic rings. The van der Waals surface area contributed by atoms with Crippen molar-refractivity contribution in [1.29, 1.82) is 0 Å². The van der Waals surface area contributed by atoms with Crippen LogP contribution >= 0.6 is 11.3 Å². The summed E-state index contributed by atoms with van der Waals surface area (Å²) in [5.41, 5.74) is 0. The summed E-state index contributed by atoms with van der Waals surface area (Å²) in [5, 5.41) is 3.08. The molecule has 0 atom stereocenters. The monoisotopic (exact) mass is 278 g/mol. The maximum absolute atomic E-state index is 11.7. The van der Waals surface area contributed by atoms with E-state index in [-0.39, 0.29) is 5.76 Å². The summed E-state index contributed by atoms with van der Waals surface area (Å²) < 4.78 is 4.88. The third kappa shape index (κ3) is 5.78. The molecule has 0 aromatic carbocycles. The van der Waals surface area contributed by atoms with E-state index >= 15 is 0 Å². The number of amides is 1. The van der Waals surface area contributed by atoms with Gasteiger partial charge in [0.25, 0.3) is 5.91 Å². The fraction of sp³-hybridized carbons (Fsp3) is 0.154. The van der Waals surface area contributed by atoms with Gasteiger partial charge in [-0.2, -0.15) is 0 Å². The van der Waals surface area contributed by atoms with Crippen molar-refractivity contribution in [1.82, 2.24) is 4.98 Å². The Morgan fingerprint density at radius 3 is 2.79 bits per heavy atom. The van der Waals surface area contributed by atoms with E-state index in [4.69, 9.17) is 4.74 Å². The van der Waals surface area contributed by atoms with Crippen LogP contribution in [0.1, 0.15) is 11.8 Å². The Labute approximate surface area is 115 Å². The van der Waals surface area contributed by atoms with Crippen LogP contribution in [0, 0.1) is 6.92 Å². The predicted octanol–water partition coefficient (Wildman–Crippen LogP) is 2.58. The fourth-order valence-electron chi connectivity index (χ4n) is 1.12. The maximum atomic E-state index is 11.7. The van der Waals surface area contributed by atoms with Gasteiger partial charge in [-0.3, -0.25) is 14.9 Å². The second kappa shape index (κ2) is 7.27. The summed E-state index contributed by atoms with van der Waals surface area (Å²) in [4.78, 5) is 27.6. The van der Waals surface area contributed by atoms with Gasteiger partial charge in [0.05, 0.1) is 0 Å². The topological polar surface area (TPSA) is 68.3 Å². The summed E-state index contributed by atoms with van der Waals surface area (Å²) in [6.07, 6.45) is 7.39. The molecule has 1 heterocycles. The van der Waals surface area contributed by atoms with E-state index in [0.29, 0.717) is 5.13 Å². The SMILES string of the molecule is C=CC=CC(=CC(=O)Nc1ncc(C)s1)OC(C)=O. The Balaban J connectivity index is 2.76. The average Bonchev–Trinajstić information content (AvgIpc) is 2.70. The summed E-state index contributed by atoms with van der Waals surface area (Å²) in [6.45, 7) is 6.65. The van der Waals surface area contributed by atoms with Gasteiger partial charge in [0.1, 0.15) is 5.76 Å². The van der Waals surface area contributed by atoms with Gasteiger partial charge in [0, 0.05) is 24.1 Å². The Kier molecular flexibility index (Phi) is 5.69. The van der Waals surface area contributed by atoms with E-state index in [1.54, 1.807) is 12.3 Å². The van der Waals surface area contributed by atoms with Gasteiger partial charge in [-0.15, -0.1) is 11.3 Å². The van der Waals surface area contributed by atoms with Crippen LogP contribution in [-0.2, 0) is 14.3 Å². The number of ether oxygens (including phenoxy) is 1. The van der Waals surface area contributed by atoms with E-state index in [2.05, 4.69) is 16.9 Å². The number of carbonyl (C=O) groups is 2. The molecule has 0 spiro atoms. The Morgan fingerprint density at radius 2 is 2.26 bits per heavy atom. The number of rotatable bonds is 5. The number of aromatic nitrogens is 1. The number of allylic oxidation sites excluding steroid dienone is 3. The van der Waals surface area contributed by atoms with Crippen molar-refractivity contribution < 1.29 is 14.3 Å². The molecule has 5 nitrogen and oxygen atoms in total. The van der Waals surface area contributed by atoms with Crippen LogP contribution in [0.4, 0.5) is 5.13 Å². The average molecular weight is 278 g/mol. The lowest BCUT2D eigenvalue weighted by Gasteiger charge is -2.02. The molecule has 6 heteroatoms. The minimum atomic E-state index is -0.502. The number of thiazole rings is 1. The lowest BCUT2D eigenvalue weighted by Crippen LogP contribution is -2.10. The largest absolute Gasteiger partial charge is 0.427 e. The quantitative estimate of drug-likeness (QED) is 0.389. The van der Waals surface area contributed by atoms with Gasteiger partial charge in [-0.1, -0.05) is 18.7 Å². The molecule has 0 saturated heterocycles. The van der Waals surface area contributed by atoms with Gasteiger partial charge in [0.15, 0.2) is 5.13 Å². The van der Waals surface area contributed by atoms with Crippen molar-refractivity contribution in [3.05, 3.63) is 47.7 Å². The molecule has 0 saturated carbocycles. The predicted molar refractivity (Wildman–Crippen MR) is 74.7 cm³/mol. The number of anilines is 1. The molecule has 0 unspecified atom stereocenters. The highest BCUT2D eigenvalue weighted by Gasteiger charge is 2.05. The summed E-state index contributed by atoms with van der Waals surface area (Å²) in [5.74, 6) is -0.782. The summed E-state index contributed by atoms with van der Waals surface area (Å²) in [6, 6.07) is 0. The highest BCUT2D eigenvalue weighted by molar-refractivity contribution is 7.15. The number of carbonyl (C=O) groups excluding carboxylic acids is 2. The Hall–Kier alpha value is -2.21. The van der Waals surface area contributed by atoms with Crippen molar-refractivity contribution >= 4 is 28.3 Å². The Bertz CT molecular complexity index is 544. The number of nitrogens with zero attached hydrogens (tertiary/aromatic N) is 1. The fourth-order valence-corrected chi connectivity index (χ4v) is 1.79. The molecular formula is C13H14N2O3S. The van der Waals surface area contributed by atoms with Crippen molar-refractivity contribution in [3.8, 4) is 0 Å². The van der Waals surface area contributed by atoms with Crippen LogP contribution < -0.4 is 5.32 Å². The van der Waals surface area contributed by atoms with Crippen molar-refractivity contribution in [3.63, 3.8) is 0 Å². The number of aryl methyl sites for hydroxylation is 1. The highest BCUT2D eigenvalue weighted by Crippen LogP contribution is 2.16. The van der Waals surface area contributed by atoms with E-state index in [0.717, 1.165) is 4.88 Å². The minimum Gasteiger partial charge on any atom is -0.427 e. The number of esters is 1. The van der Waals surface area contributed by atoms with E-state index in [1.807, 2.05) is 6.92 Å². The van der Waals surface area contributed by atoms with E-state index < -0.39 is 11.9 Å². The molecule has 0 aliphatic carbocycles. The van der Waals surface area contributed by atoms with Gasteiger partial charge < -0.3 is 4.74 Å². The molecule has 0 fully saturated rings. The number of hydrogen-bond acceptors (Lipinski definition) is 5. The zero-order valence-electron chi connectivity index (χ0n) is 10.7. The molecule has 0 aliphatic rings. The number of hydrogen-bond donors (Lipinski definition) is 1. The van der Waals surface area contributed by atoms with Crippen molar-refractivity contribution in [2.24, 2.45) is 0 Å². The lowest BCUT2D eigenvalue weighted by molar-refractivity contribution is -0.136. The lowest BCUT2D eigenvalue weighted by atomic mass is 10.3. The van der Waals surface area contributed by atoms with Gasteiger partial charge in [0.2, 0.25) is 0 Å². The van der Waals surface area contributed by atoms with E-state index in [1.165, 1.54) is 36.5 Å². The Morgan fingerprint density at radius 1 is 1.53 bits per heavy atom. The first kappa shape index (κ1) is 14.8. The first-order chi connectivity index (χ1) is 9.01.